The first kappa shape index (κ1) is 18.6. The highest BCUT2D eigenvalue weighted by Gasteiger charge is 2.05. The minimum atomic E-state index is 0. The Balaban J connectivity index is 0.000000359. The number of hydrogen-bond acceptors (Lipinski definition) is 1. The van der Waals surface area contributed by atoms with Crippen LogP contribution in [0.25, 0.3) is 0 Å². The van der Waals surface area contributed by atoms with E-state index in [-0.39, 0.29) is 7.43 Å². The van der Waals surface area contributed by atoms with Gasteiger partial charge in [-0.3, -0.25) is 4.99 Å². The molecule has 112 valence electrons. The van der Waals surface area contributed by atoms with Crippen LogP contribution in [0.15, 0.2) is 22.3 Å². The zero-order chi connectivity index (χ0) is 14.7. The van der Waals surface area contributed by atoms with Crippen LogP contribution in [0.4, 0.5) is 0 Å². The van der Waals surface area contributed by atoms with Gasteiger partial charge in [0.05, 0.1) is 0 Å². The van der Waals surface area contributed by atoms with E-state index in [4.69, 9.17) is 0 Å². The third-order valence-electron chi connectivity index (χ3n) is 4.24. The van der Waals surface area contributed by atoms with Crippen LogP contribution in [0.2, 0.25) is 0 Å². The van der Waals surface area contributed by atoms with Crippen molar-refractivity contribution >= 4 is 5.71 Å². The molecule has 2 rings (SSSR count). The van der Waals surface area contributed by atoms with E-state index in [1.165, 1.54) is 44.8 Å². The second-order valence-electron chi connectivity index (χ2n) is 5.77. The van der Waals surface area contributed by atoms with Crippen LogP contribution < -0.4 is 0 Å². The molecule has 0 N–H and O–H groups in total. The zero-order valence-corrected chi connectivity index (χ0v) is 13.7. The second kappa shape index (κ2) is 7.42. The topological polar surface area (TPSA) is 12.4 Å². The van der Waals surface area contributed by atoms with Gasteiger partial charge in [-0.05, 0) is 88.8 Å². The van der Waals surface area contributed by atoms with Crippen LogP contribution in [0.5, 0.6) is 0 Å². The van der Waals surface area contributed by atoms with Crippen LogP contribution >= 0.6 is 0 Å². The van der Waals surface area contributed by atoms with Crippen molar-refractivity contribution in [3.63, 3.8) is 0 Å². The molecular weight excluding hydrogens is 242 g/mol. The summed E-state index contributed by atoms with van der Waals surface area (Å²) in [6, 6.07) is 2.26. The van der Waals surface area contributed by atoms with Crippen molar-refractivity contribution in [2.75, 3.05) is 0 Å². The fourth-order valence-corrected chi connectivity index (χ4v) is 2.35. The van der Waals surface area contributed by atoms with Gasteiger partial charge in [-0.2, -0.15) is 0 Å². The smallest absolute Gasteiger partial charge is 0.0365 e. The molecule has 0 bridgehead atoms. The number of aliphatic imine (C=N–C) groups is 1. The van der Waals surface area contributed by atoms with Crippen LogP contribution in [0, 0.1) is 34.6 Å². The largest absolute Gasteiger partial charge is 0.263 e. The summed E-state index contributed by atoms with van der Waals surface area (Å²) >= 11 is 0. The minimum absolute atomic E-state index is 0. The Kier molecular flexibility index (Phi) is 6.91. The SMILES string of the molecule is C.CC1=NC(C)=C(C)C1.Cc1cc(C)c(C)c(C)c1C. The monoisotopic (exact) mass is 273 g/mol. The normalized spacial score (nSPS) is 13.5. The Morgan fingerprint density at radius 1 is 0.750 bits per heavy atom. The summed E-state index contributed by atoms with van der Waals surface area (Å²) in [5, 5.41) is 0. The van der Waals surface area contributed by atoms with Crippen LogP contribution in [0.3, 0.4) is 0 Å². The standard InChI is InChI=1S/C11H16.C7H11N.CH4/c1-7-6-8(2)10(4)11(5)9(7)3;1-5-4-6(2)8-7(5)3;/h6H,1-5H3;4H2,1-3H3;1H4. The lowest BCUT2D eigenvalue weighted by molar-refractivity contribution is 1.18. The number of allylic oxidation sites excluding steroid dienone is 2. The molecule has 1 aromatic rings. The van der Waals surface area contributed by atoms with E-state index in [1.54, 1.807) is 0 Å². The predicted octanol–water partition coefficient (Wildman–Crippen LogP) is 6.01. The number of nitrogens with zero attached hydrogens (tertiary/aromatic N) is 1. The highest BCUT2D eigenvalue weighted by Crippen LogP contribution is 2.20. The molecular formula is C19H31N. The molecule has 1 aromatic carbocycles. The summed E-state index contributed by atoms with van der Waals surface area (Å²) in [5.41, 5.74) is 11.0. The summed E-state index contributed by atoms with van der Waals surface area (Å²) in [6.45, 7) is 17.2. The molecule has 0 radical (unpaired) electrons. The number of rotatable bonds is 0. The molecule has 1 aliphatic rings. The molecule has 0 saturated carbocycles. The molecule has 1 nitrogen and oxygen atoms in total. The fraction of sp³-hybridized carbons (Fsp3) is 0.526. The van der Waals surface area contributed by atoms with Crippen molar-refractivity contribution in [1.29, 1.82) is 0 Å². The van der Waals surface area contributed by atoms with Gasteiger partial charge < -0.3 is 0 Å². The first-order chi connectivity index (χ1) is 8.73. The predicted molar refractivity (Wildman–Crippen MR) is 93.0 cm³/mol. The fourth-order valence-electron chi connectivity index (χ4n) is 2.35. The van der Waals surface area contributed by atoms with Gasteiger partial charge in [0.2, 0.25) is 0 Å². The van der Waals surface area contributed by atoms with Gasteiger partial charge in [0, 0.05) is 17.8 Å². The summed E-state index contributed by atoms with van der Waals surface area (Å²) in [6.07, 6.45) is 1.09. The van der Waals surface area contributed by atoms with Gasteiger partial charge in [0.15, 0.2) is 0 Å². The van der Waals surface area contributed by atoms with Gasteiger partial charge in [-0.15, -0.1) is 0 Å². The Labute approximate surface area is 125 Å². The van der Waals surface area contributed by atoms with E-state index < -0.39 is 0 Å². The molecule has 0 saturated heterocycles. The van der Waals surface area contributed by atoms with Crippen molar-refractivity contribution in [1.82, 2.24) is 0 Å². The third-order valence-corrected chi connectivity index (χ3v) is 4.24. The second-order valence-corrected chi connectivity index (χ2v) is 5.77. The van der Waals surface area contributed by atoms with Gasteiger partial charge in [0.25, 0.3) is 0 Å². The molecule has 0 aromatic heterocycles. The first-order valence-electron chi connectivity index (χ1n) is 6.98. The van der Waals surface area contributed by atoms with E-state index in [0.717, 1.165) is 6.42 Å². The third kappa shape index (κ3) is 4.33. The molecule has 0 aliphatic carbocycles. The maximum Gasteiger partial charge on any atom is 0.0365 e. The van der Waals surface area contributed by atoms with E-state index >= 15 is 0 Å². The van der Waals surface area contributed by atoms with Crippen molar-refractivity contribution in [3.05, 3.63) is 45.2 Å². The zero-order valence-electron chi connectivity index (χ0n) is 13.7. The Morgan fingerprint density at radius 2 is 1.20 bits per heavy atom. The molecule has 0 atom stereocenters. The summed E-state index contributed by atoms with van der Waals surface area (Å²) < 4.78 is 0. The quantitative estimate of drug-likeness (QED) is 0.549. The van der Waals surface area contributed by atoms with Crippen LogP contribution in [0.1, 0.15) is 62.4 Å². The number of hydrogen-bond donors (Lipinski definition) is 0. The molecule has 0 amide bonds. The van der Waals surface area contributed by atoms with E-state index in [9.17, 15) is 0 Å². The average molecular weight is 273 g/mol. The number of benzene rings is 1. The lowest BCUT2D eigenvalue weighted by Gasteiger charge is -2.10. The summed E-state index contributed by atoms with van der Waals surface area (Å²) in [7, 11) is 0. The Bertz CT molecular complexity index is 519. The lowest BCUT2D eigenvalue weighted by atomic mass is 9.96. The van der Waals surface area contributed by atoms with Crippen molar-refractivity contribution in [3.8, 4) is 0 Å². The maximum atomic E-state index is 4.27. The molecule has 1 heteroatoms. The van der Waals surface area contributed by atoms with E-state index in [1.807, 2.05) is 0 Å². The van der Waals surface area contributed by atoms with Gasteiger partial charge in [-0.1, -0.05) is 13.5 Å². The molecule has 0 spiro atoms. The molecule has 1 heterocycles. The van der Waals surface area contributed by atoms with Crippen LogP contribution in [-0.4, -0.2) is 5.71 Å². The first-order valence-corrected chi connectivity index (χ1v) is 6.98. The molecule has 1 aliphatic heterocycles. The minimum Gasteiger partial charge on any atom is -0.263 e. The van der Waals surface area contributed by atoms with Crippen molar-refractivity contribution < 1.29 is 0 Å². The van der Waals surface area contributed by atoms with Gasteiger partial charge in [-0.25, -0.2) is 0 Å². The lowest BCUT2D eigenvalue weighted by Crippen LogP contribution is -1.93. The Hall–Kier alpha value is -1.37. The highest BCUT2D eigenvalue weighted by atomic mass is 14.8. The highest BCUT2D eigenvalue weighted by molar-refractivity contribution is 5.87. The average Bonchev–Trinajstić information content (AvgIpc) is 2.62. The van der Waals surface area contributed by atoms with E-state index in [0.29, 0.717) is 0 Å². The van der Waals surface area contributed by atoms with Gasteiger partial charge >= 0.3 is 0 Å². The van der Waals surface area contributed by atoms with Crippen molar-refractivity contribution in [2.24, 2.45) is 4.99 Å². The maximum absolute atomic E-state index is 4.27. The molecule has 20 heavy (non-hydrogen) atoms. The molecule has 0 fully saturated rings. The molecule has 0 unspecified atom stereocenters. The van der Waals surface area contributed by atoms with Crippen LogP contribution in [-0.2, 0) is 0 Å². The van der Waals surface area contributed by atoms with E-state index in [2.05, 4.69) is 66.4 Å². The van der Waals surface area contributed by atoms with Gasteiger partial charge in [0.1, 0.15) is 0 Å². The number of aryl methyl sites for hydroxylation is 2. The van der Waals surface area contributed by atoms with Crippen molar-refractivity contribution in [2.45, 2.75) is 69.2 Å². The Morgan fingerprint density at radius 3 is 1.45 bits per heavy atom. The summed E-state index contributed by atoms with van der Waals surface area (Å²) in [5.74, 6) is 0. The summed E-state index contributed by atoms with van der Waals surface area (Å²) in [4.78, 5) is 4.27.